The minimum Gasteiger partial charge on any atom is -0.489 e. The second-order valence-corrected chi connectivity index (χ2v) is 7.26. The van der Waals surface area contributed by atoms with Crippen molar-refractivity contribution < 1.29 is 9.13 Å². The number of benzene rings is 1. The number of nitrogens with zero attached hydrogens (tertiary/aromatic N) is 3. The molecule has 2 unspecified atom stereocenters. The molecule has 7 heteroatoms. The molecule has 0 spiro atoms. The number of aliphatic imine (C=N–C) groups is 1. The van der Waals surface area contributed by atoms with Crippen molar-refractivity contribution in [3.05, 3.63) is 30.1 Å². The Labute approximate surface area is 169 Å². The number of piperazine rings is 1. The number of hydrogen-bond acceptors (Lipinski definition) is 4. The lowest BCUT2D eigenvalue weighted by molar-refractivity contribution is 0.107. The second-order valence-electron chi connectivity index (χ2n) is 7.26. The SMILES string of the molecule is CCC(CNC(=NC)NCC(C)N1CCN(CC)CC1)Oc1cccc(F)c1. The molecule has 0 radical (unpaired) electrons. The molecule has 0 aromatic heterocycles. The van der Waals surface area contributed by atoms with Gasteiger partial charge in [-0.1, -0.05) is 19.9 Å². The highest BCUT2D eigenvalue weighted by molar-refractivity contribution is 5.79. The molecule has 1 heterocycles. The van der Waals surface area contributed by atoms with Gasteiger partial charge in [-0.2, -0.15) is 0 Å². The Morgan fingerprint density at radius 2 is 1.89 bits per heavy atom. The van der Waals surface area contributed by atoms with E-state index in [9.17, 15) is 4.39 Å². The van der Waals surface area contributed by atoms with Gasteiger partial charge in [0, 0.05) is 51.9 Å². The van der Waals surface area contributed by atoms with Crippen LogP contribution in [-0.2, 0) is 0 Å². The van der Waals surface area contributed by atoms with Crippen molar-refractivity contribution in [1.29, 1.82) is 0 Å². The molecule has 28 heavy (non-hydrogen) atoms. The molecule has 158 valence electrons. The van der Waals surface area contributed by atoms with Gasteiger partial charge in [0.2, 0.25) is 0 Å². The van der Waals surface area contributed by atoms with Crippen LogP contribution in [0.1, 0.15) is 27.2 Å². The average Bonchev–Trinajstić information content (AvgIpc) is 2.72. The fourth-order valence-electron chi connectivity index (χ4n) is 3.33. The van der Waals surface area contributed by atoms with Crippen molar-refractivity contribution in [2.24, 2.45) is 4.99 Å². The highest BCUT2D eigenvalue weighted by Crippen LogP contribution is 2.14. The Kier molecular flexibility index (Phi) is 9.50. The van der Waals surface area contributed by atoms with Crippen LogP contribution in [0.15, 0.2) is 29.3 Å². The van der Waals surface area contributed by atoms with Gasteiger partial charge < -0.3 is 20.3 Å². The smallest absolute Gasteiger partial charge is 0.191 e. The van der Waals surface area contributed by atoms with Crippen molar-refractivity contribution in [3.63, 3.8) is 0 Å². The zero-order valence-corrected chi connectivity index (χ0v) is 17.7. The monoisotopic (exact) mass is 393 g/mol. The Hall–Kier alpha value is -1.86. The third-order valence-corrected chi connectivity index (χ3v) is 5.32. The van der Waals surface area contributed by atoms with Crippen LogP contribution in [0.4, 0.5) is 4.39 Å². The topological polar surface area (TPSA) is 52.1 Å². The van der Waals surface area contributed by atoms with E-state index in [0.29, 0.717) is 18.3 Å². The fourth-order valence-corrected chi connectivity index (χ4v) is 3.33. The molecule has 1 aromatic carbocycles. The Morgan fingerprint density at radius 3 is 2.50 bits per heavy atom. The summed E-state index contributed by atoms with van der Waals surface area (Å²) in [5.74, 6) is 1.03. The lowest BCUT2D eigenvalue weighted by Crippen LogP contribution is -2.53. The summed E-state index contributed by atoms with van der Waals surface area (Å²) in [6.45, 7) is 13.6. The Morgan fingerprint density at radius 1 is 1.18 bits per heavy atom. The van der Waals surface area contributed by atoms with Gasteiger partial charge in [-0.25, -0.2) is 4.39 Å². The molecule has 1 saturated heterocycles. The quantitative estimate of drug-likeness (QED) is 0.498. The van der Waals surface area contributed by atoms with Crippen molar-refractivity contribution in [1.82, 2.24) is 20.4 Å². The molecule has 1 aliphatic rings. The molecule has 2 rings (SSSR count). The first-order valence-electron chi connectivity index (χ1n) is 10.4. The van der Waals surface area contributed by atoms with Crippen LogP contribution < -0.4 is 15.4 Å². The van der Waals surface area contributed by atoms with Crippen LogP contribution in [0.3, 0.4) is 0 Å². The van der Waals surface area contributed by atoms with E-state index < -0.39 is 0 Å². The number of hydrogen-bond donors (Lipinski definition) is 2. The van der Waals surface area contributed by atoms with Gasteiger partial charge in [0.25, 0.3) is 0 Å². The zero-order valence-electron chi connectivity index (χ0n) is 17.7. The molecule has 2 N–H and O–H groups in total. The highest BCUT2D eigenvalue weighted by atomic mass is 19.1. The van der Waals surface area contributed by atoms with E-state index in [1.54, 1.807) is 19.2 Å². The van der Waals surface area contributed by atoms with Crippen LogP contribution in [0.2, 0.25) is 0 Å². The molecule has 1 aromatic rings. The molecule has 2 atom stereocenters. The minimum atomic E-state index is -0.286. The molecule has 0 bridgehead atoms. The fraction of sp³-hybridized carbons (Fsp3) is 0.667. The summed E-state index contributed by atoms with van der Waals surface area (Å²) in [7, 11) is 1.77. The molecule has 0 aliphatic carbocycles. The first kappa shape index (κ1) is 22.4. The van der Waals surface area contributed by atoms with Crippen molar-refractivity contribution in [2.75, 3.05) is 52.9 Å². The van der Waals surface area contributed by atoms with Crippen LogP contribution in [-0.4, -0.2) is 80.8 Å². The predicted octanol–water partition coefficient (Wildman–Crippen LogP) is 2.17. The molecular formula is C21H36FN5O. The predicted molar refractivity (Wildman–Crippen MR) is 114 cm³/mol. The van der Waals surface area contributed by atoms with Gasteiger partial charge >= 0.3 is 0 Å². The summed E-state index contributed by atoms with van der Waals surface area (Å²) in [6, 6.07) is 6.71. The number of halogens is 1. The van der Waals surface area contributed by atoms with Gasteiger partial charge in [0.1, 0.15) is 17.7 Å². The molecule has 0 saturated carbocycles. The van der Waals surface area contributed by atoms with E-state index >= 15 is 0 Å². The van der Waals surface area contributed by atoms with Crippen LogP contribution in [0, 0.1) is 5.82 Å². The Balaban J connectivity index is 1.74. The summed E-state index contributed by atoms with van der Waals surface area (Å²) < 4.78 is 19.2. The highest BCUT2D eigenvalue weighted by Gasteiger charge is 2.20. The van der Waals surface area contributed by atoms with Gasteiger partial charge in [-0.05, 0) is 32.0 Å². The lowest BCUT2D eigenvalue weighted by atomic mass is 10.2. The lowest BCUT2D eigenvalue weighted by Gasteiger charge is -2.37. The number of likely N-dealkylation sites (N-methyl/N-ethyl adjacent to an activating group) is 1. The number of guanidine groups is 1. The number of rotatable bonds is 9. The van der Waals surface area contributed by atoms with Crippen molar-refractivity contribution >= 4 is 5.96 Å². The normalized spacial score (nSPS) is 18.5. The largest absolute Gasteiger partial charge is 0.489 e. The first-order chi connectivity index (χ1) is 13.5. The minimum absolute atomic E-state index is 0.0557. The maximum Gasteiger partial charge on any atom is 0.191 e. The summed E-state index contributed by atoms with van der Waals surface area (Å²) >= 11 is 0. The number of ether oxygens (including phenoxy) is 1. The maximum atomic E-state index is 13.3. The second kappa shape index (κ2) is 11.9. The van der Waals surface area contributed by atoms with E-state index in [4.69, 9.17) is 4.74 Å². The molecule has 0 amide bonds. The van der Waals surface area contributed by atoms with Crippen LogP contribution >= 0.6 is 0 Å². The van der Waals surface area contributed by atoms with E-state index in [1.165, 1.54) is 12.1 Å². The summed E-state index contributed by atoms with van der Waals surface area (Å²) in [5.41, 5.74) is 0. The van der Waals surface area contributed by atoms with Gasteiger partial charge in [0.05, 0.1) is 6.54 Å². The molecular weight excluding hydrogens is 357 g/mol. The van der Waals surface area contributed by atoms with Crippen LogP contribution in [0.5, 0.6) is 5.75 Å². The maximum absolute atomic E-state index is 13.3. The van der Waals surface area contributed by atoms with E-state index in [1.807, 2.05) is 0 Å². The number of nitrogens with one attached hydrogen (secondary N) is 2. The summed E-state index contributed by atoms with van der Waals surface area (Å²) in [5, 5.41) is 6.74. The van der Waals surface area contributed by atoms with Gasteiger partial charge in [-0.3, -0.25) is 9.89 Å². The summed E-state index contributed by atoms with van der Waals surface area (Å²) in [4.78, 5) is 9.32. The van der Waals surface area contributed by atoms with Gasteiger partial charge in [0.15, 0.2) is 5.96 Å². The van der Waals surface area contributed by atoms with E-state index in [0.717, 1.165) is 51.6 Å². The van der Waals surface area contributed by atoms with E-state index in [2.05, 4.69) is 46.2 Å². The average molecular weight is 394 g/mol. The van der Waals surface area contributed by atoms with Crippen molar-refractivity contribution in [2.45, 2.75) is 39.3 Å². The van der Waals surface area contributed by atoms with E-state index in [-0.39, 0.29) is 11.9 Å². The molecule has 1 aliphatic heterocycles. The van der Waals surface area contributed by atoms with Gasteiger partial charge in [-0.15, -0.1) is 0 Å². The Bertz CT molecular complexity index is 604. The van der Waals surface area contributed by atoms with Crippen molar-refractivity contribution in [3.8, 4) is 5.75 Å². The summed E-state index contributed by atoms with van der Waals surface area (Å²) in [6.07, 6.45) is 0.762. The zero-order chi connectivity index (χ0) is 20.4. The standard InChI is InChI=1S/C21H36FN5O/c1-5-19(28-20-9-7-8-18(22)14-20)16-25-21(23-4)24-15-17(3)27-12-10-26(6-2)11-13-27/h7-9,14,17,19H,5-6,10-13,15-16H2,1-4H3,(H2,23,24,25). The molecule has 1 fully saturated rings. The van der Waals surface area contributed by atoms with Crippen LogP contribution in [0.25, 0.3) is 0 Å². The first-order valence-corrected chi connectivity index (χ1v) is 10.4. The molecule has 6 nitrogen and oxygen atoms in total. The third-order valence-electron chi connectivity index (χ3n) is 5.32. The third kappa shape index (κ3) is 7.28.